The van der Waals surface area contributed by atoms with Crippen LogP contribution in [0.25, 0.3) is 0 Å². The van der Waals surface area contributed by atoms with Crippen LogP contribution in [-0.4, -0.2) is 133 Å². The van der Waals surface area contributed by atoms with Gasteiger partial charge in [-0.15, -0.1) is 0 Å². The van der Waals surface area contributed by atoms with Crippen LogP contribution in [0.3, 0.4) is 0 Å². The molecule has 0 amide bonds. The Morgan fingerprint density at radius 2 is 1.65 bits per heavy atom. The zero-order valence-electron chi connectivity index (χ0n) is 20.5. The Kier molecular flexibility index (Phi) is 5.02. The molecule has 194 valence electrons. The minimum absolute atomic E-state index is 0.153. The zero-order chi connectivity index (χ0) is 24.6. The minimum Gasteiger partial charge on any atom is -0.392 e. The maximum atomic E-state index is 12.5. The van der Waals surface area contributed by atoms with E-state index >= 15 is 0 Å². The first-order chi connectivity index (χ1) is 16.1. The number of aliphatic hydroxyl groups excluding tert-OH is 3. The van der Waals surface area contributed by atoms with Gasteiger partial charge in [0.1, 0.15) is 23.4 Å². The van der Waals surface area contributed by atoms with Crippen LogP contribution in [0.15, 0.2) is 0 Å². The molecule has 7 bridgehead atoms. The third-order valence-corrected chi connectivity index (χ3v) is 11.4. The molecule has 0 radical (unpaired) electrons. The standard InChI is InChI=1S/C24H39NO9/c1-25-8-21(9-31-2)11(26)6-12(32-3)23-10-7-22(29)18(27)13(10)24(30,19(28)20(22)34-5)14(17(23)25)15(33-4)16(21)23/h10-20,26-30H,6-9H2,1-5H3/t10?,11-,12+,13?,14?,15?,16?,17?,18?,19+,20+,21+,22-,23+,24-/m1/s1. The molecule has 5 saturated carbocycles. The molecule has 6 rings (SSSR count). The van der Waals surface area contributed by atoms with Crippen LogP contribution in [0, 0.1) is 34.5 Å². The van der Waals surface area contributed by atoms with Crippen LogP contribution < -0.4 is 0 Å². The molecule has 0 aromatic carbocycles. The SMILES string of the molecule is COC[C@]12CN(C)C3C4C(OC)C1[C@]3(C1C[C@@]3(O)C(O)C1[C@]4(O)[C@@H](O)[C@@H]3OC)[C@@H](OC)C[C@H]2O. The third kappa shape index (κ3) is 2.14. The van der Waals surface area contributed by atoms with Crippen molar-refractivity contribution in [3.05, 3.63) is 0 Å². The number of rotatable bonds is 5. The van der Waals surface area contributed by atoms with Crippen molar-refractivity contribution in [1.82, 2.24) is 4.90 Å². The Labute approximate surface area is 199 Å². The number of piperidine rings is 1. The van der Waals surface area contributed by atoms with Gasteiger partial charge in [-0.2, -0.15) is 0 Å². The number of hydrogen-bond donors (Lipinski definition) is 5. The number of likely N-dealkylation sites (tertiary alicyclic amines) is 1. The van der Waals surface area contributed by atoms with Gasteiger partial charge in [-0.05, 0) is 19.4 Å². The van der Waals surface area contributed by atoms with E-state index in [4.69, 9.17) is 18.9 Å². The van der Waals surface area contributed by atoms with Crippen molar-refractivity contribution >= 4 is 0 Å². The summed E-state index contributed by atoms with van der Waals surface area (Å²) in [4.78, 5) is 2.17. The molecule has 0 aromatic heterocycles. The lowest BCUT2D eigenvalue weighted by Crippen LogP contribution is -2.80. The number of aliphatic hydroxyl groups is 5. The first-order valence-electron chi connectivity index (χ1n) is 12.3. The fourth-order valence-electron chi connectivity index (χ4n) is 10.9. The summed E-state index contributed by atoms with van der Waals surface area (Å²) in [6.45, 7) is 0.836. The van der Waals surface area contributed by atoms with E-state index in [2.05, 4.69) is 4.90 Å². The molecule has 0 aromatic rings. The van der Waals surface area contributed by atoms with Crippen molar-refractivity contribution in [2.75, 3.05) is 48.6 Å². The number of ether oxygens (including phenoxy) is 4. The molecule has 10 nitrogen and oxygen atoms in total. The van der Waals surface area contributed by atoms with E-state index in [1.165, 1.54) is 7.11 Å². The Morgan fingerprint density at radius 1 is 0.941 bits per heavy atom. The monoisotopic (exact) mass is 485 g/mol. The molecular weight excluding hydrogens is 446 g/mol. The van der Waals surface area contributed by atoms with E-state index in [1.807, 2.05) is 7.05 Å². The lowest BCUT2D eigenvalue weighted by atomic mass is 9.42. The van der Waals surface area contributed by atoms with Crippen molar-refractivity contribution in [3.8, 4) is 0 Å². The maximum Gasteiger partial charge on any atom is 0.120 e. The predicted octanol–water partition coefficient (Wildman–Crippen LogP) is -2.18. The molecule has 1 spiro atoms. The van der Waals surface area contributed by atoms with Crippen LogP contribution in [0.5, 0.6) is 0 Å². The zero-order valence-corrected chi connectivity index (χ0v) is 20.5. The van der Waals surface area contributed by atoms with E-state index in [1.54, 1.807) is 21.3 Å². The Balaban J connectivity index is 1.67. The summed E-state index contributed by atoms with van der Waals surface area (Å²) in [5, 5.41) is 58.9. The molecule has 1 saturated heterocycles. The molecule has 5 aliphatic carbocycles. The maximum absolute atomic E-state index is 12.5. The fraction of sp³-hybridized carbons (Fsp3) is 1.00. The van der Waals surface area contributed by atoms with E-state index in [0.29, 0.717) is 19.6 Å². The van der Waals surface area contributed by atoms with Crippen LogP contribution in [0.4, 0.5) is 0 Å². The van der Waals surface area contributed by atoms with Crippen LogP contribution in [0.1, 0.15) is 12.8 Å². The third-order valence-electron chi connectivity index (χ3n) is 11.4. The molecule has 1 aliphatic heterocycles. The second-order valence-corrected chi connectivity index (χ2v) is 12.0. The van der Waals surface area contributed by atoms with Gasteiger partial charge in [0.15, 0.2) is 0 Å². The largest absolute Gasteiger partial charge is 0.392 e. The van der Waals surface area contributed by atoms with Gasteiger partial charge in [0, 0.05) is 76.0 Å². The van der Waals surface area contributed by atoms with Crippen molar-refractivity contribution in [2.24, 2.45) is 34.5 Å². The molecule has 10 heteroatoms. The lowest BCUT2D eigenvalue weighted by molar-refractivity contribution is -0.319. The number of hydrogen-bond acceptors (Lipinski definition) is 10. The summed E-state index contributed by atoms with van der Waals surface area (Å²) in [6, 6.07) is -0.254. The summed E-state index contributed by atoms with van der Waals surface area (Å²) in [6.07, 6.45) is -4.96. The van der Waals surface area contributed by atoms with Crippen LogP contribution in [-0.2, 0) is 18.9 Å². The molecule has 6 fully saturated rings. The van der Waals surface area contributed by atoms with Gasteiger partial charge in [-0.3, -0.25) is 0 Å². The number of nitrogens with zero attached hydrogens (tertiary/aromatic N) is 1. The number of methoxy groups -OCH3 is 4. The van der Waals surface area contributed by atoms with Crippen molar-refractivity contribution in [1.29, 1.82) is 0 Å². The van der Waals surface area contributed by atoms with Gasteiger partial charge in [0.25, 0.3) is 0 Å². The second-order valence-electron chi connectivity index (χ2n) is 12.0. The predicted molar refractivity (Wildman–Crippen MR) is 117 cm³/mol. The summed E-state index contributed by atoms with van der Waals surface area (Å²) in [7, 11) is 8.24. The molecule has 5 N–H and O–H groups in total. The van der Waals surface area contributed by atoms with Crippen LogP contribution >= 0.6 is 0 Å². The first kappa shape index (κ1) is 24.0. The Morgan fingerprint density at radius 3 is 2.24 bits per heavy atom. The Hall–Kier alpha value is -0.400. The molecule has 15 atom stereocenters. The average molecular weight is 486 g/mol. The average Bonchev–Trinajstić information content (AvgIpc) is 3.17. The van der Waals surface area contributed by atoms with Crippen molar-refractivity contribution in [2.45, 2.75) is 66.7 Å². The summed E-state index contributed by atoms with van der Waals surface area (Å²) >= 11 is 0. The van der Waals surface area contributed by atoms with Gasteiger partial charge in [0.05, 0.1) is 31.0 Å². The molecule has 1 heterocycles. The quantitative estimate of drug-likeness (QED) is 0.292. The lowest BCUT2D eigenvalue weighted by Gasteiger charge is -2.69. The molecule has 34 heavy (non-hydrogen) atoms. The smallest absolute Gasteiger partial charge is 0.120 e. The highest BCUT2D eigenvalue weighted by molar-refractivity contribution is 5.39. The molecule has 7 unspecified atom stereocenters. The van der Waals surface area contributed by atoms with Gasteiger partial charge >= 0.3 is 0 Å². The molecule has 6 aliphatic rings. The first-order valence-corrected chi connectivity index (χ1v) is 12.3. The van der Waals surface area contributed by atoms with E-state index in [-0.39, 0.29) is 18.4 Å². The fourth-order valence-corrected chi connectivity index (χ4v) is 10.9. The van der Waals surface area contributed by atoms with Gasteiger partial charge in [-0.1, -0.05) is 0 Å². The summed E-state index contributed by atoms with van der Waals surface area (Å²) in [5.74, 6) is -2.05. The summed E-state index contributed by atoms with van der Waals surface area (Å²) in [5.41, 5.74) is -4.81. The summed E-state index contributed by atoms with van der Waals surface area (Å²) < 4.78 is 23.6. The van der Waals surface area contributed by atoms with Crippen LogP contribution in [0.2, 0.25) is 0 Å². The highest BCUT2D eigenvalue weighted by Gasteiger charge is 2.90. The number of fused-ring (bicyclic) bond motifs is 2. The highest BCUT2D eigenvalue weighted by atomic mass is 16.5. The van der Waals surface area contributed by atoms with E-state index in [0.717, 1.165) is 0 Å². The molecular formula is C24H39NO9. The normalized spacial score (nSPS) is 63.9. The minimum atomic E-state index is -1.76. The second kappa shape index (κ2) is 7.12. The van der Waals surface area contributed by atoms with Gasteiger partial charge < -0.3 is 49.4 Å². The van der Waals surface area contributed by atoms with Crippen molar-refractivity contribution in [3.63, 3.8) is 0 Å². The van der Waals surface area contributed by atoms with E-state index in [9.17, 15) is 25.5 Å². The topological polar surface area (TPSA) is 141 Å². The van der Waals surface area contributed by atoms with E-state index < -0.39 is 76.4 Å². The van der Waals surface area contributed by atoms with Crippen molar-refractivity contribution < 1.29 is 44.5 Å². The van der Waals surface area contributed by atoms with Gasteiger partial charge in [0.2, 0.25) is 0 Å². The highest BCUT2D eigenvalue weighted by Crippen LogP contribution is 2.79. The van der Waals surface area contributed by atoms with Gasteiger partial charge in [-0.25, -0.2) is 0 Å². The Bertz CT molecular complexity index is 862.